The molecule has 2 atom stereocenters. The second-order valence-corrected chi connectivity index (χ2v) is 7.18. The van der Waals surface area contributed by atoms with Crippen LogP contribution in [0.2, 0.25) is 0 Å². The molecule has 7 heterocycles. The minimum absolute atomic E-state index is 0.389. The lowest BCUT2D eigenvalue weighted by Crippen LogP contribution is -2.37. The predicted molar refractivity (Wildman–Crippen MR) is 92.5 cm³/mol. The summed E-state index contributed by atoms with van der Waals surface area (Å²) in [4.78, 5) is 23.4. The van der Waals surface area contributed by atoms with Gasteiger partial charge in [0, 0.05) is 36.7 Å². The second kappa shape index (κ2) is 3.96. The highest BCUT2D eigenvalue weighted by Crippen LogP contribution is 2.61. The first-order chi connectivity index (χ1) is 12.4. The second-order valence-electron chi connectivity index (χ2n) is 7.18. The zero-order valence-electron chi connectivity index (χ0n) is 13.4. The van der Waals surface area contributed by atoms with Crippen molar-refractivity contribution in [1.82, 2.24) is 19.9 Å². The SMILES string of the molecule is c1cnc2c(c1)N1c3ncnc4c3C(C1C2)C1Cc2ncccc2N41. The van der Waals surface area contributed by atoms with E-state index < -0.39 is 0 Å². The number of nitrogens with zero attached hydrogens (tertiary/aromatic N) is 6. The van der Waals surface area contributed by atoms with Crippen molar-refractivity contribution in [1.29, 1.82) is 0 Å². The molecular formula is C19H14N6. The molecule has 0 aliphatic carbocycles. The maximum atomic E-state index is 4.68. The molecule has 4 aliphatic rings. The summed E-state index contributed by atoms with van der Waals surface area (Å²) >= 11 is 0. The first-order valence-electron chi connectivity index (χ1n) is 8.73. The summed E-state index contributed by atoms with van der Waals surface area (Å²) in [5.74, 6) is 2.56. The molecule has 0 saturated carbocycles. The van der Waals surface area contributed by atoms with Crippen LogP contribution >= 0.6 is 0 Å². The van der Waals surface area contributed by atoms with Crippen LogP contribution in [0.1, 0.15) is 22.9 Å². The number of aromatic nitrogens is 4. The van der Waals surface area contributed by atoms with Gasteiger partial charge >= 0.3 is 0 Å². The van der Waals surface area contributed by atoms with Crippen molar-refractivity contribution in [3.63, 3.8) is 0 Å². The molecule has 120 valence electrons. The molecule has 3 aromatic rings. The van der Waals surface area contributed by atoms with Gasteiger partial charge in [0.05, 0.1) is 34.8 Å². The molecular weight excluding hydrogens is 312 g/mol. The van der Waals surface area contributed by atoms with Gasteiger partial charge in [-0.05, 0) is 24.3 Å². The topological polar surface area (TPSA) is 58.0 Å². The van der Waals surface area contributed by atoms with Gasteiger partial charge < -0.3 is 9.80 Å². The van der Waals surface area contributed by atoms with E-state index in [4.69, 9.17) is 0 Å². The Morgan fingerprint density at radius 3 is 1.88 bits per heavy atom. The van der Waals surface area contributed by atoms with Crippen LogP contribution in [0.3, 0.4) is 0 Å². The summed E-state index contributed by atoms with van der Waals surface area (Å²) in [5, 5.41) is 0. The number of rotatable bonds is 0. The summed E-state index contributed by atoms with van der Waals surface area (Å²) in [7, 11) is 0. The molecule has 0 bridgehead atoms. The molecule has 0 aromatic carbocycles. The van der Waals surface area contributed by atoms with Gasteiger partial charge in [-0.1, -0.05) is 0 Å². The molecule has 3 aromatic heterocycles. The molecule has 7 rings (SSSR count). The number of anilines is 4. The molecule has 0 saturated heterocycles. The summed E-state index contributed by atoms with van der Waals surface area (Å²) in [6.07, 6.45) is 7.45. The van der Waals surface area contributed by atoms with Crippen molar-refractivity contribution in [2.24, 2.45) is 0 Å². The van der Waals surface area contributed by atoms with Gasteiger partial charge in [-0.15, -0.1) is 0 Å². The molecule has 6 nitrogen and oxygen atoms in total. The van der Waals surface area contributed by atoms with Crippen LogP contribution in [0.25, 0.3) is 0 Å². The Morgan fingerprint density at radius 2 is 1.32 bits per heavy atom. The van der Waals surface area contributed by atoms with Crippen molar-refractivity contribution in [3.8, 4) is 0 Å². The van der Waals surface area contributed by atoms with Crippen LogP contribution in [0.5, 0.6) is 0 Å². The Morgan fingerprint density at radius 1 is 0.760 bits per heavy atom. The molecule has 0 amide bonds. The zero-order chi connectivity index (χ0) is 16.1. The molecule has 0 spiro atoms. The van der Waals surface area contributed by atoms with Crippen LogP contribution in [0.4, 0.5) is 23.0 Å². The van der Waals surface area contributed by atoms with Gasteiger partial charge in [0.1, 0.15) is 18.0 Å². The highest BCUT2D eigenvalue weighted by Gasteiger charge is 2.57. The molecule has 4 aliphatic heterocycles. The molecule has 2 unspecified atom stereocenters. The lowest BCUT2D eigenvalue weighted by Gasteiger charge is -2.28. The van der Waals surface area contributed by atoms with E-state index in [1.807, 2.05) is 24.5 Å². The highest BCUT2D eigenvalue weighted by molar-refractivity contribution is 5.85. The van der Waals surface area contributed by atoms with Gasteiger partial charge in [-0.2, -0.15) is 0 Å². The Bertz CT molecular complexity index is 984. The van der Waals surface area contributed by atoms with Gasteiger partial charge in [0.25, 0.3) is 0 Å². The Hall–Kier alpha value is -3.02. The fraction of sp³-hybridized carbons (Fsp3) is 0.263. The molecule has 6 heteroatoms. The van der Waals surface area contributed by atoms with Crippen LogP contribution in [-0.2, 0) is 12.8 Å². The van der Waals surface area contributed by atoms with Crippen molar-refractivity contribution in [2.75, 3.05) is 9.80 Å². The van der Waals surface area contributed by atoms with Crippen LogP contribution in [-0.4, -0.2) is 32.0 Å². The van der Waals surface area contributed by atoms with Crippen molar-refractivity contribution >= 4 is 23.0 Å². The quantitative estimate of drug-likeness (QED) is 0.633. The van der Waals surface area contributed by atoms with E-state index >= 15 is 0 Å². The van der Waals surface area contributed by atoms with Gasteiger partial charge in [-0.3, -0.25) is 9.97 Å². The van der Waals surface area contributed by atoms with Crippen LogP contribution in [0.15, 0.2) is 43.0 Å². The van der Waals surface area contributed by atoms with Crippen molar-refractivity contribution < 1.29 is 0 Å². The first kappa shape index (κ1) is 12.4. The lowest BCUT2D eigenvalue weighted by molar-refractivity contribution is 0.500. The van der Waals surface area contributed by atoms with E-state index in [1.54, 1.807) is 6.33 Å². The molecule has 25 heavy (non-hydrogen) atoms. The summed E-state index contributed by atoms with van der Waals surface area (Å²) in [5.41, 5.74) is 6.11. The monoisotopic (exact) mass is 326 g/mol. The van der Waals surface area contributed by atoms with E-state index in [2.05, 4.69) is 41.9 Å². The fourth-order valence-corrected chi connectivity index (χ4v) is 5.37. The maximum absolute atomic E-state index is 4.68. The molecule has 0 fully saturated rings. The molecule has 0 radical (unpaired) electrons. The Balaban J connectivity index is 1.48. The van der Waals surface area contributed by atoms with Crippen LogP contribution < -0.4 is 9.80 Å². The van der Waals surface area contributed by atoms with E-state index in [0.717, 1.165) is 24.5 Å². The predicted octanol–water partition coefficient (Wildman–Crippen LogP) is 2.50. The number of hydrogen-bond acceptors (Lipinski definition) is 6. The van der Waals surface area contributed by atoms with Crippen molar-refractivity contribution in [2.45, 2.75) is 30.8 Å². The number of hydrogen-bond donors (Lipinski definition) is 0. The fourth-order valence-electron chi connectivity index (χ4n) is 5.37. The molecule has 0 N–H and O–H groups in total. The average molecular weight is 326 g/mol. The average Bonchev–Trinajstić information content (AvgIpc) is 3.35. The third-order valence-electron chi connectivity index (χ3n) is 6.18. The lowest BCUT2D eigenvalue weighted by atomic mass is 9.88. The Kier molecular flexibility index (Phi) is 1.96. The van der Waals surface area contributed by atoms with E-state index in [-0.39, 0.29) is 0 Å². The largest absolute Gasteiger partial charge is 0.320 e. The van der Waals surface area contributed by atoms with E-state index in [0.29, 0.717) is 18.0 Å². The summed E-state index contributed by atoms with van der Waals surface area (Å²) in [6.45, 7) is 0. The normalized spacial score (nSPS) is 26.3. The third kappa shape index (κ3) is 1.28. The van der Waals surface area contributed by atoms with Gasteiger partial charge in [0.15, 0.2) is 0 Å². The third-order valence-corrected chi connectivity index (χ3v) is 6.18. The first-order valence-corrected chi connectivity index (χ1v) is 8.73. The minimum Gasteiger partial charge on any atom is -0.320 e. The zero-order valence-corrected chi connectivity index (χ0v) is 13.4. The number of fused-ring (bicyclic) bond motifs is 10. The highest BCUT2D eigenvalue weighted by atomic mass is 15.4. The number of pyridine rings is 2. The van der Waals surface area contributed by atoms with E-state index in [1.165, 1.54) is 28.3 Å². The maximum Gasteiger partial charge on any atom is 0.142 e. The van der Waals surface area contributed by atoms with E-state index in [9.17, 15) is 0 Å². The smallest absolute Gasteiger partial charge is 0.142 e. The summed E-state index contributed by atoms with van der Waals surface area (Å²) < 4.78 is 0. The van der Waals surface area contributed by atoms with Crippen molar-refractivity contribution in [3.05, 3.63) is 59.9 Å². The Labute approximate surface area is 144 Å². The minimum atomic E-state index is 0.389. The van der Waals surface area contributed by atoms with Gasteiger partial charge in [0.2, 0.25) is 0 Å². The van der Waals surface area contributed by atoms with Crippen LogP contribution in [0, 0.1) is 0 Å². The van der Waals surface area contributed by atoms with Gasteiger partial charge in [-0.25, -0.2) is 9.97 Å². The summed E-state index contributed by atoms with van der Waals surface area (Å²) in [6, 6.07) is 9.15. The standard InChI is InChI=1S/C19H14N6/c1-3-12-10(20-5-1)7-14-16-15-8-11-13(4-2-6-21-11)25(15)19-17(16)18(24(12)14)22-9-23-19/h1-6,9,14-16H,7-8H2.